The van der Waals surface area contributed by atoms with Crippen molar-refractivity contribution >= 4 is 21.8 Å². The van der Waals surface area contributed by atoms with Crippen LogP contribution in [-0.2, 0) is 31.2 Å². The van der Waals surface area contributed by atoms with Crippen LogP contribution in [0.5, 0.6) is 0 Å². The maximum absolute atomic E-state index is 12.5. The van der Waals surface area contributed by atoms with Crippen molar-refractivity contribution in [2.45, 2.75) is 26.3 Å². The molecule has 0 atom stereocenters. The minimum atomic E-state index is 0.187. The largest absolute Gasteiger partial charge is 0.336 e. The molecule has 1 aliphatic heterocycles. The van der Waals surface area contributed by atoms with E-state index < -0.39 is 0 Å². The number of aromatic nitrogens is 2. The predicted molar refractivity (Wildman–Crippen MR) is 84.9 cm³/mol. The Morgan fingerprint density at radius 3 is 2.90 bits per heavy atom. The molecule has 0 spiro atoms. The van der Waals surface area contributed by atoms with Gasteiger partial charge < -0.3 is 9.47 Å². The summed E-state index contributed by atoms with van der Waals surface area (Å²) in [5.41, 5.74) is 4.52. The lowest BCUT2D eigenvalue weighted by Gasteiger charge is -2.27. The predicted octanol–water partition coefficient (Wildman–Crippen LogP) is 2.62. The van der Waals surface area contributed by atoms with Gasteiger partial charge in [-0.25, -0.2) is 4.98 Å². The number of nitrogens with zero attached hydrogens (tertiary/aromatic N) is 3. The van der Waals surface area contributed by atoms with Gasteiger partial charge in [0.05, 0.1) is 24.4 Å². The smallest absolute Gasteiger partial charge is 0.227 e. The molecule has 0 radical (unpaired) electrons. The third-order valence-corrected chi connectivity index (χ3v) is 4.87. The maximum atomic E-state index is 12.5. The van der Waals surface area contributed by atoms with E-state index >= 15 is 0 Å². The first kappa shape index (κ1) is 14.3. The number of halogens is 1. The zero-order chi connectivity index (χ0) is 15.0. The fourth-order valence-electron chi connectivity index (χ4n) is 2.75. The summed E-state index contributed by atoms with van der Waals surface area (Å²) in [7, 11) is 1.98. The summed E-state index contributed by atoms with van der Waals surface area (Å²) in [6.07, 6.45) is 1.30. The molecule has 1 aliphatic rings. The van der Waals surface area contributed by atoms with Crippen LogP contribution in [0.1, 0.15) is 22.5 Å². The molecule has 1 aromatic carbocycles. The van der Waals surface area contributed by atoms with Crippen molar-refractivity contribution < 1.29 is 4.79 Å². The zero-order valence-corrected chi connectivity index (χ0v) is 13.9. The lowest BCUT2D eigenvalue weighted by atomic mass is 10.0. The summed E-state index contributed by atoms with van der Waals surface area (Å²) in [5.74, 6) is 0.187. The summed E-state index contributed by atoms with van der Waals surface area (Å²) in [6.45, 7) is 3.45. The number of carbonyl (C=O) groups is 1. The summed E-state index contributed by atoms with van der Waals surface area (Å²) < 4.78 is 2.85. The first-order valence-electron chi connectivity index (χ1n) is 7.08. The van der Waals surface area contributed by atoms with Crippen LogP contribution in [0, 0.1) is 6.92 Å². The molecule has 0 saturated heterocycles. The second kappa shape index (κ2) is 5.64. The SMILES string of the molecule is Cc1ccccc1CC(=O)N1CCc2nc(Br)n(C)c2C1. The molecular formula is C16H18BrN3O. The minimum Gasteiger partial charge on any atom is -0.336 e. The number of aryl methyl sites for hydroxylation is 1. The van der Waals surface area contributed by atoms with E-state index in [0.717, 1.165) is 34.7 Å². The second-order valence-corrected chi connectivity index (χ2v) is 6.21. The van der Waals surface area contributed by atoms with Gasteiger partial charge in [0.25, 0.3) is 0 Å². The quantitative estimate of drug-likeness (QED) is 0.837. The van der Waals surface area contributed by atoms with Gasteiger partial charge in [0.2, 0.25) is 5.91 Å². The van der Waals surface area contributed by atoms with E-state index in [-0.39, 0.29) is 5.91 Å². The van der Waals surface area contributed by atoms with Gasteiger partial charge in [0, 0.05) is 20.0 Å². The van der Waals surface area contributed by atoms with E-state index in [1.807, 2.05) is 34.7 Å². The average Bonchev–Trinajstić information content (AvgIpc) is 2.76. The standard InChI is InChI=1S/C16H18BrN3O/c1-11-5-3-4-6-12(11)9-15(21)20-8-7-13-14(10-20)19(2)16(17)18-13/h3-6H,7-10H2,1-2H3. The van der Waals surface area contributed by atoms with E-state index in [0.29, 0.717) is 13.0 Å². The normalized spacial score (nSPS) is 14.1. The lowest BCUT2D eigenvalue weighted by molar-refractivity contribution is -0.131. The van der Waals surface area contributed by atoms with Crippen LogP contribution in [0.3, 0.4) is 0 Å². The summed E-state index contributed by atoms with van der Waals surface area (Å²) in [5, 5.41) is 0. The van der Waals surface area contributed by atoms with Crippen molar-refractivity contribution in [1.29, 1.82) is 0 Å². The second-order valence-electron chi connectivity index (χ2n) is 5.50. The molecule has 2 heterocycles. The molecule has 1 aromatic heterocycles. The highest BCUT2D eigenvalue weighted by Crippen LogP contribution is 2.22. The summed E-state index contributed by atoms with van der Waals surface area (Å²) >= 11 is 3.44. The van der Waals surface area contributed by atoms with E-state index in [4.69, 9.17) is 0 Å². The molecular weight excluding hydrogens is 330 g/mol. The van der Waals surface area contributed by atoms with Crippen molar-refractivity contribution in [2.75, 3.05) is 6.54 Å². The van der Waals surface area contributed by atoms with Gasteiger partial charge in [-0.3, -0.25) is 4.79 Å². The molecule has 2 aromatic rings. The molecule has 21 heavy (non-hydrogen) atoms. The Hall–Kier alpha value is -1.62. The number of hydrogen-bond donors (Lipinski definition) is 0. The van der Waals surface area contributed by atoms with Gasteiger partial charge in [-0.05, 0) is 34.0 Å². The minimum absolute atomic E-state index is 0.187. The third kappa shape index (κ3) is 2.75. The Kier molecular flexibility index (Phi) is 3.85. The Bertz CT molecular complexity index is 693. The molecule has 0 saturated carbocycles. The van der Waals surface area contributed by atoms with Gasteiger partial charge in [-0.2, -0.15) is 0 Å². The Morgan fingerprint density at radius 2 is 2.14 bits per heavy atom. The Labute approximate surface area is 132 Å². The van der Waals surface area contributed by atoms with Crippen molar-refractivity contribution in [1.82, 2.24) is 14.5 Å². The van der Waals surface area contributed by atoms with E-state index in [9.17, 15) is 4.79 Å². The van der Waals surface area contributed by atoms with Crippen molar-refractivity contribution in [3.63, 3.8) is 0 Å². The molecule has 0 bridgehead atoms. The highest BCUT2D eigenvalue weighted by molar-refractivity contribution is 9.10. The van der Waals surface area contributed by atoms with Gasteiger partial charge in [0.1, 0.15) is 0 Å². The highest BCUT2D eigenvalue weighted by Gasteiger charge is 2.25. The maximum Gasteiger partial charge on any atom is 0.227 e. The number of rotatable bonds is 2. The summed E-state index contributed by atoms with van der Waals surface area (Å²) in [4.78, 5) is 18.9. The van der Waals surface area contributed by atoms with Crippen LogP contribution in [0.15, 0.2) is 29.0 Å². The van der Waals surface area contributed by atoms with E-state index in [1.54, 1.807) is 0 Å². The van der Waals surface area contributed by atoms with Crippen LogP contribution in [0.25, 0.3) is 0 Å². The fraction of sp³-hybridized carbons (Fsp3) is 0.375. The third-order valence-electron chi connectivity index (χ3n) is 4.16. The van der Waals surface area contributed by atoms with Crippen LogP contribution in [0.4, 0.5) is 0 Å². The Morgan fingerprint density at radius 1 is 1.38 bits per heavy atom. The first-order chi connectivity index (χ1) is 10.1. The topological polar surface area (TPSA) is 38.1 Å². The zero-order valence-electron chi connectivity index (χ0n) is 12.3. The lowest BCUT2D eigenvalue weighted by Crippen LogP contribution is -2.37. The van der Waals surface area contributed by atoms with Gasteiger partial charge in [-0.1, -0.05) is 24.3 Å². The average molecular weight is 348 g/mol. The van der Waals surface area contributed by atoms with Gasteiger partial charge >= 0.3 is 0 Å². The molecule has 1 amide bonds. The number of imidazole rings is 1. The molecule has 0 aliphatic carbocycles. The molecule has 0 unspecified atom stereocenters. The molecule has 4 nitrogen and oxygen atoms in total. The molecule has 5 heteroatoms. The van der Waals surface area contributed by atoms with Gasteiger partial charge in [0.15, 0.2) is 4.73 Å². The summed E-state index contributed by atoms with van der Waals surface area (Å²) in [6, 6.07) is 8.07. The van der Waals surface area contributed by atoms with Crippen LogP contribution in [0.2, 0.25) is 0 Å². The molecule has 0 N–H and O–H groups in total. The van der Waals surface area contributed by atoms with Crippen LogP contribution < -0.4 is 0 Å². The number of hydrogen-bond acceptors (Lipinski definition) is 2. The van der Waals surface area contributed by atoms with Crippen LogP contribution in [-0.4, -0.2) is 26.9 Å². The Balaban J connectivity index is 1.75. The molecule has 110 valence electrons. The fourth-order valence-corrected chi connectivity index (χ4v) is 3.18. The van der Waals surface area contributed by atoms with Crippen molar-refractivity contribution in [3.05, 3.63) is 51.5 Å². The molecule has 0 fully saturated rings. The van der Waals surface area contributed by atoms with Crippen molar-refractivity contribution in [3.8, 4) is 0 Å². The number of carbonyl (C=O) groups excluding carboxylic acids is 1. The van der Waals surface area contributed by atoms with E-state index in [2.05, 4.69) is 33.9 Å². The van der Waals surface area contributed by atoms with Crippen LogP contribution >= 0.6 is 15.9 Å². The monoisotopic (exact) mass is 347 g/mol. The van der Waals surface area contributed by atoms with E-state index in [1.165, 1.54) is 5.56 Å². The van der Waals surface area contributed by atoms with Crippen molar-refractivity contribution in [2.24, 2.45) is 7.05 Å². The highest BCUT2D eigenvalue weighted by atomic mass is 79.9. The number of benzene rings is 1. The molecule has 3 rings (SSSR count). The number of fused-ring (bicyclic) bond motifs is 1. The first-order valence-corrected chi connectivity index (χ1v) is 7.88. The number of amides is 1. The van der Waals surface area contributed by atoms with Gasteiger partial charge in [-0.15, -0.1) is 0 Å².